The van der Waals surface area contributed by atoms with Crippen LogP contribution < -0.4 is 0 Å². The molecule has 0 heterocycles. The molecule has 0 radical (unpaired) electrons. The van der Waals surface area contributed by atoms with Crippen molar-refractivity contribution in [3.05, 3.63) is 0 Å². The van der Waals surface area contributed by atoms with Crippen molar-refractivity contribution in [1.82, 2.24) is 0 Å². The molecule has 4 aliphatic rings. The van der Waals surface area contributed by atoms with E-state index in [1.54, 1.807) is 0 Å². The number of carbonyl (C=O) groups is 1. The third-order valence-corrected chi connectivity index (χ3v) is 9.14. The summed E-state index contributed by atoms with van der Waals surface area (Å²) in [5.74, 6) is 2.16. The van der Waals surface area contributed by atoms with Crippen LogP contribution in [0.4, 0.5) is 0 Å². The Balaban J connectivity index is 1.67. The molecule has 136 valence electrons. The van der Waals surface area contributed by atoms with Gasteiger partial charge in [-0.3, -0.25) is 4.79 Å². The third-order valence-electron chi connectivity index (χ3n) is 9.14. The van der Waals surface area contributed by atoms with Crippen molar-refractivity contribution in [3.8, 4) is 0 Å². The minimum absolute atomic E-state index is 0.233. The summed E-state index contributed by atoms with van der Waals surface area (Å²) < 4.78 is 5.53. The number of carboxylic acids is 1. The summed E-state index contributed by atoms with van der Waals surface area (Å²) in [5.41, 5.74) is 0.223. The summed E-state index contributed by atoms with van der Waals surface area (Å²) in [6.07, 6.45) is 11.0. The highest BCUT2D eigenvalue weighted by atomic mass is 16.5. The molecule has 4 rings (SSSR count). The Morgan fingerprint density at radius 1 is 1.08 bits per heavy atom. The van der Waals surface area contributed by atoms with Crippen molar-refractivity contribution in [2.75, 3.05) is 13.7 Å². The number of carboxylic acid groups (broad SMARTS) is 1. The molecule has 0 amide bonds. The molecule has 1 spiro atoms. The Morgan fingerprint density at radius 3 is 2.58 bits per heavy atom. The summed E-state index contributed by atoms with van der Waals surface area (Å²) in [6.45, 7) is 5.43. The lowest BCUT2D eigenvalue weighted by Gasteiger charge is -2.63. The summed E-state index contributed by atoms with van der Waals surface area (Å²) >= 11 is 0. The van der Waals surface area contributed by atoms with E-state index < -0.39 is 11.4 Å². The van der Waals surface area contributed by atoms with Crippen LogP contribution in [-0.2, 0) is 9.53 Å². The van der Waals surface area contributed by atoms with E-state index in [2.05, 4.69) is 6.92 Å². The van der Waals surface area contributed by atoms with Gasteiger partial charge in [-0.25, -0.2) is 0 Å². The molecule has 7 atom stereocenters. The second-order valence-electron chi connectivity index (χ2n) is 10.0. The Hall–Kier alpha value is -0.570. The van der Waals surface area contributed by atoms with Crippen LogP contribution in [0.25, 0.3) is 0 Å². The number of aliphatic carboxylic acids is 1. The van der Waals surface area contributed by atoms with Crippen molar-refractivity contribution in [1.29, 1.82) is 0 Å². The molecule has 4 fully saturated rings. The highest BCUT2D eigenvalue weighted by molar-refractivity contribution is 5.75. The number of hydrogen-bond donors (Lipinski definition) is 1. The van der Waals surface area contributed by atoms with Gasteiger partial charge in [0.25, 0.3) is 0 Å². The summed E-state index contributed by atoms with van der Waals surface area (Å²) in [7, 11) is 1.84. The standard InChI is InChI=1S/C21H34O3/c1-19-8-4-9-20(2,18(22)23)16(19)7-10-21-11-14(5-6-17(19)21)15(12-21)13-24-3/h14-17H,4-13H2,1-3H3,(H,22,23)/t14-,15+,16-,17-,19+,20+,21-/m0/s1. The van der Waals surface area contributed by atoms with Gasteiger partial charge in [-0.05, 0) is 92.8 Å². The van der Waals surface area contributed by atoms with Gasteiger partial charge in [-0.1, -0.05) is 13.3 Å². The Kier molecular flexibility index (Phi) is 3.84. The molecule has 4 saturated carbocycles. The monoisotopic (exact) mass is 334 g/mol. The van der Waals surface area contributed by atoms with E-state index in [9.17, 15) is 9.90 Å². The van der Waals surface area contributed by atoms with Gasteiger partial charge in [0.1, 0.15) is 0 Å². The van der Waals surface area contributed by atoms with Crippen LogP contribution in [0.3, 0.4) is 0 Å². The molecule has 0 aliphatic heterocycles. The van der Waals surface area contributed by atoms with Gasteiger partial charge in [0, 0.05) is 13.7 Å². The van der Waals surface area contributed by atoms with Gasteiger partial charge in [-0.15, -0.1) is 0 Å². The Labute approximate surface area is 146 Å². The van der Waals surface area contributed by atoms with Crippen LogP contribution in [0.2, 0.25) is 0 Å². The number of fused-ring (bicyclic) bond motifs is 3. The predicted octanol–water partition coefficient (Wildman–Crippen LogP) is 4.75. The number of methoxy groups -OCH3 is 1. The molecule has 0 aromatic rings. The largest absolute Gasteiger partial charge is 0.481 e. The van der Waals surface area contributed by atoms with Gasteiger partial charge in [-0.2, -0.15) is 0 Å². The fourth-order valence-corrected chi connectivity index (χ4v) is 8.25. The van der Waals surface area contributed by atoms with E-state index >= 15 is 0 Å². The third kappa shape index (κ3) is 2.09. The number of hydrogen-bond acceptors (Lipinski definition) is 2. The molecule has 3 nitrogen and oxygen atoms in total. The summed E-state index contributed by atoms with van der Waals surface area (Å²) in [6, 6.07) is 0. The van der Waals surface area contributed by atoms with E-state index in [0.29, 0.717) is 11.3 Å². The number of rotatable bonds is 3. The normalized spacial score (nSPS) is 53.3. The molecule has 4 aliphatic carbocycles. The van der Waals surface area contributed by atoms with Gasteiger partial charge in [0.05, 0.1) is 5.41 Å². The quantitative estimate of drug-likeness (QED) is 0.810. The molecule has 24 heavy (non-hydrogen) atoms. The summed E-state index contributed by atoms with van der Waals surface area (Å²) in [4.78, 5) is 12.1. The maximum Gasteiger partial charge on any atom is 0.309 e. The number of ether oxygens (including phenoxy) is 1. The SMILES string of the molecule is COC[C@H]1C[C@@]23CC[C@H]4[C@@](C)(CCC[C@@]4(C)C(=O)O)[C@@H]2CC[C@H]1C3. The fraction of sp³-hybridized carbons (Fsp3) is 0.952. The van der Waals surface area contributed by atoms with E-state index in [1.807, 2.05) is 14.0 Å². The lowest BCUT2D eigenvalue weighted by Crippen LogP contribution is -2.58. The van der Waals surface area contributed by atoms with Crippen molar-refractivity contribution < 1.29 is 14.6 Å². The molecule has 0 aromatic heterocycles. The molecule has 0 unspecified atom stereocenters. The van der Waals surface area contributed by atoms with Gasteiger partial charge in [0.2, 0.25) is 0 Å². The first kappa shape index (κ1) is 16.9. The van der Waals surface area contributed by atoms with E-state index in [-0.39, 0.29) is 5.41 Å². The lowest BCUT2D eigenvalue weighted by molar-refractivity contribution is -0.181. The average molecular weight is 335 g/mol. The molecule has 2 bridgehead atoms. The first-order valence-corrected chi connectivity index (χ1v) is 10.1. The second-order valence-corrected chi connectivity index (χ2v) is 10.0. The van der Waals surface area contributed by atoms with Crippen molar-refractivity contribution in [2.45, 2.75) is 71.6 Å². The molecular formula is C21H34O3. The van der Waals surface area contributed by atoms with Crippen molar-refractivity contribution >= 4 is 5.97 Å². The van der Waals surface area contributed by atoms with E-state index in [4.69, 9.17) is 4.74 Å². The van der Waals surface area contributed by atoms with Crippen LogP contribution in [-0.4, -0.2) is 24.8 Å². The van der Waals surface area contributed by atoms with Gasteiger partial charge >= 0.3 is 5.97 Å². The maximum atomic E-state index is 12.1. The predicted molar refractivity (Wildman–Crippen MR) is 93.7 cm³/mol. The molecule has 1 N–H and O–H groups in total. The minimum Gasteiger partial charge on any atom is -0.481 e. The van der Waals surface area contributed by atoms with Gasteiger partial charge in [0.15, 0.2) is 0 Å². The molecule has 3 heteroatoms. The van der Waals surface area contributed by atoms with Crippen LogP contribution in [0.5, 0.6) is 0 Å². The zero-order chi connectivity index (χ0) is 17.2. The highest BCUT2D eigenvalue weighted by Crippen LogP contribution is 2.72. The van der Waals surface area contributed by atoms with Crippen molar-refractivity contribution in [2.24, 2.45) is 39.9 Å². The Morgan fingerprint density at radius 2 is 1.88 bits per heavy atom. The topological polar surface area (TPSA) is 46.5 Å². The smallest absolute Gasteiger partial charge is 0.309 e. The lowest BCUT2D eigenvalue weighted by atomic mass is 9.41. The summed E-state index contributed by atoms with van der Waals surface area (Å²) in [5, 5.41) is 9.97. The highest BCUT2D eigenvalue weighted by Gasteiger charge is 2.65. The molecule has 0 saturated heterocycles. The Bertz CT molecular complexity index is 531. The fourth-order valence-electron chi connectivity index (χ4n) is 8.25. The average Bonchev–Trinajstić information content (AvgIpc) is 2.78. The molecule has 0 aromatic carbocycles. The zero-order valence-corrected chi connectivity index (χ0v) is 15.6. The van der Waals surface area contributed by atoms with Crippen LogP contribution in [0, 0.1) is 39.9 Å². The zero-order valence-electron chi connectivity index (χ0n) is 15.6. The van der Waals surface area contributed by atoms with Gasteiger partial charge < -0.3 is 9.84 Å². The first-order chi connectivity index (χ1) is 11.4. The maximum absolute atomic E-state index is 12.1. The minimum atomic E-state index is -0.549. The van der Waals surface area contributed by atoms with Crippen LogP contribution in [0.1, 0.15) is 71.6 Å². The second kappa shape index (κ2) is 5.46. The molecular weight excluding hydrogens is 300 g/mol. The first-order valence-electron chi connectivity index (χ1n) is 10.1. The van der Waals surface area contributed by atoms with Crippen LogP contribution >= 0.6 is 0 Å². The van der Waals surface area contributed by atoms with E-state index in [0.717, 1.165) is 43.6 Å². The van der Waals surface area contributed by atoms with E-state index in [1.165, 1.54) is 38.5 Å². The van der Waals surface area contributed by atoms with Crippen LogP contribution in [0.15, 0.2) is 0 Å². The van der Waals surface area contributed by atoms with Crippen molar-refractivity contribution in [3.63, 3.8) is 0 Å².